The largest absolute Gasteiger partial charge is 0.496 e. The summed E-state index contributed by atoms with van der Waals surface area (Å²) in [6.45, 7) is 1.83. The molecule has 0 atom stereocenters. The van der Waals surface area contributed by atoms with Crippen LogP contribution < -0.4 is 20.3 Å². The Morgan fingerprint density at radius 3 is 2.62 bits per heavy atom. The molecule has 186 valence electrons. The van der Waals surface area contributed by atoms with Crippen LogP contribution in [0.2, 0.25) is 5.02 Å². The number of halogens is 1. The number of fused-ring (bicyclic) bond motifs is 1. The molecule has 0 aliphatic rings. The van der Waals surface area contributed by atoms with Gasteiger partial charge < -0.3 is 9.47 Å². The molecule has 5 rings (SSSR count). The van der Waals surface area contributed by atoms with Crippen molar-refractivity contribution >= 4 is 44.5 Å². The first-order valence-corrected chi connectivity index (χ1v) is 12.1. The molecule has 0 saturated heterocycles. The van der Waals surface area contributed by atoms with Gasteiger partial charge in [0.05, 0.1) is 26.0 Å². The van der Waals surface area contributed by atoms with Crippen molar-refractivity contribution < 1.29 is 14.3 Å². The van der Waals surface area contributed by atoms with Gasteiger partial charge in [0.15, 0.2) is 15.6 Å². The normalized spacial score (nSPS) is 10.9. The summed E-state index contributed by atoms with van der Waals surface area (Å²) in [6.07, 6.45) is 4.49. The Labute approximate surface area is 219 Å². The summed E-state index contributed by atoms with van der Waals surface area (Å²) < 4.78 is 12.0. The monoisotopic (exact) mass is 534 g/mol. The molecular formula is C25H19ClN6O4S. The van der Waals surface area contributed by atoms with E-state index in [1.54, 1.807) is 36.5 Å². The summed E-state index contributed by atoms with van der Waals surface area (Å²) in [7, 11) is 3.01. The summed E-state index contributed by atoms with van der Waals surface area (Å²) in [5.41, 5.74) is 2.20. The molecule has 1 amide bonds. The maximum absolute atomic E-state index is 13.5. The zero-order valence-electron chi connectivity index (χ0n) is 19.9. The van der Waals surface area contributed by atoms with E-state index in [1.807, 2.05) is 6.92 Å². The summed E-state index contributed by atoms with van der Waals surface area (Å²) >= 11 is 7.45. The minimum atomic E-state index is -0.474. The van der Waals surface area contributed by atoms with Gasteiger partial charge in [0.25, 0.3) is 11.5 Å². The van der Waals surface area contributed by atoms with E-state index in [0.29, 0.717) is 49.2 Å². The fraction of sp³-hybridized carbons (Fsp3) is 0.120. The second kappa shape index (κ2) is 9.96. The zero-order chi connectivity index (χ0) is 26.1. The number of nitrogens with zero attached hydrogens (tertiary/aromatic N) is 5. The maximum atomic E-state index is 13.5. The molecule has 0 bridgehead atoms. The van der Waals surface area contributed by atoms with E-state index in [2.05, 4.69) is 25.3 Å². The van der Waals surface area contributed by atoms with Gasteiger partial charge in [0, 0.05) is 34.6 Å². The zero-order valence-corrected chi connectivity index (χ0v) is 21.4. The second-order valence-corrected chi connectivity index (χ2v) is 9.27. The molecule has 0 saturated carbocycles. The highest BCUT2D eigenvalue weighted by Gasteiger charge is 2.20. The number of methoxy groups -OCH3 is 2. The smallest absolute Gasteiger partial charge is 0.259 e. The molecule has 4 aromatic heterocycles. The molecule has 10 nitrogen and oxygen atoms in total. The van der Waals surface area contributed by atoms with E-state index in [1.165, 1.54) is 37.2 Å². The Kier molecular flexibility index (Phi) is 6.55. The van der Waals surface area contributed by atoms with Crippen LogP contribution in [0, 0.1) is 6.92 Å². The van der Waals surface area contributed by atoms with Crippen molar-refractivity contribution in [2.45, 2.75) is 6.92 Å². The van der Waals surface area contributed by atoms with Gasteiger partial charge in [-0.2, -0.15) is 9.97 Å². The highest BCUT2D eigenvalue weighted by molar-refractivity contribution is 7.21. The van der Waals surface area contributed by atoms with Crippen molar-refractivity contribution in [3.63, 3.8) is 0 Å². The van der Waals surface area contributed by atoms with E-state index >= 15 is 0 Å². The first kappa shape index (κ1) is 24.3. The Hall–Kier alpha value is -4.35. The van der Waals surface area contributed by atoms with Gasteiger partial charge in [-0.3, -0.25) is 19.5 Å². The SMILES string of the molecule is COc1cnc2nc(NC(=O)c3cnc(-n4ccc(C)cc4=O)cc3-c3cc(Cl)ccc3OC)sc2n1. The topological polar surface area (TPSA) is 121 Å². The summed E-state index contributed by atoms with van der Waals surface area (Å²) in [6, 6.07) is 10.0. The van der Waals surface area contributed by atoms with Gasteiger partial charge in [-0.15, -0.1) is 0 Å². The minimum Gasteiger partial charge on any atom is -0.496 e. The van der Waals surface area contributed by atoms with Crippen molar-refractivity contribution in [1.29, 1.82) is 0 Å². The fourth-order valence-electron chi connectivity index (χ4n) is 3.66. The Morgan fingerprint density at radius 1 is 1.03 bits per heavy atom. The number of rotatable bonds is 6. The quantitative estimate of drug-likeness (QED) is 0.337. The number of pyridine rings is 2. The van der Waals surface area contributed by atoms with Crippen LogP contribution in [0.1, 0.15) is 15.9 Å². The average Bonchev–Trinajstić information content (AvgIpc) is 3.29. The van der Waals surface area contributed by atoms with E-state index in [4.69, 9.17) is 21.1 Å². The molecule has 1 aromatic carbocycles. The number of anilines is 1. The van der Waals surface area contributed by atoms with Crippen LogP contribution in [0.4, 0.5) is 5.13 Å². The summed E-state index contributed by atoms with van der Waals surface area (Å²) in [4.78, 5) is 43.8. The molecule has 1 N–H and O–H groups in total. The number of ether oxygens (including phenoxy) is 2. The number of benzene rings is 1. The van der Waals surface area contributed by atoms with Crippen LogP contribution in [0.15, 0.2) is 59.8 Å². The van der Waals surface area contributed by atoms with Gasteiger partial charge in [-0.25, -0.2) is 9.97 Å². The first-order valence-electron chi connectivity index (χ1n) is 10.9. The lowest BCUT2D eigenvalue weighted by Gasteiger charge is -2.15. The highest BCUT2D eigenvalue weighted by atomic mass is 35.5. The van der Waals surface area contributed by atoms with E-state index < -0.39 is 5.91 Å². The number of aryl methyl sites for hydroxylation is 1. The van der Waals surface area contributed by atoms with Crippen molar-refractivity contribution in [1.82, 2.24) is 24.5 Å². The number of nitrogens with one attached hydrogen (secondary N) is 1. The van der Waals surface area contributed by atoms with Crippen LogP contribution in [0.5, 0.6) is 11.6 Å². The molecule has 37 heavy (non-hydrogen) atoms. The van der Waals surface area contributed by atoms with E-state index in [-0.39, 0.29) is 11.1 Å². The van der Waals surface area contributed by atoms with Crippen LogP contribution in [-0.2, 0) is 0 Å². The van der Waals surface area contributed by atoms with Gasteiger partial charge in [-0.1, -0.05) is 22.9 Å². The van der Waals surface area contributed by atoms with Gasteiger partial charge in [0.1, 0.15) is 11.6 Å². The molecule has 0 unspecified atom stereocenters. The van der Waals surface area contributed by atoms with Crippen molar-refractivity contribution in [3.8, 4) is 28.6 Å². The third-order valence-electron chi connectivity index (χ3n) is 5.44. The van der Waals surface area contributed by atoms with Crippen LogP contribution in [0.25, 0.3) is 27.4 Å². The lowest BCUT2D eigenvalue weighted by Crippen LogP contribution is -2.19. The molecule has 0 radical (unpaired) electrons. The number of hydrogen-bond acceptors (Lipinski definition) is 9. The predicted molar refractivity (Wildman–Crippen MR) is 141 cm³/mol. The van der Waals surface area contributed by atoms with Gasteiger partial charge in [0.2, 0.25) is 5.88 Å². The number of aromatic nitrogens is 5. The molecule has 0 fully saturated rings. The molecule has 0 aliphatic heterocycles. The van der Waals surface area contributed by atoms with E-state index in [0.717, 1.165) is 16.9 Å². The standard InChI is InChI=1S/C25H19ClN6O4S/c1-13-6-7-32(21(33)8-13)19-10-15(16-9-14(26)4-5-18(16)35-2)17(11-27-19)23(34)31-25-30-22-24(37-25)29-20(36-3)12-28-22/h4-12H,1-3H3,(H,28,30,31,34). The minimum absolute atomic E-state index is 0.224. The number of thiazole rings is 1. The third-order valence-corrected chi connectivity index (χ3v) is 6.53. The Balaban J connectivity index is 1.61. The summed E-state index contributed by atoms with van der Waals surface area (Å²) in [5.74, 6) is 0.695. The molecular weight excluding hydrogens is 516 g/mol. The Morgan fingerprint density at radius 2 is 1.86 bits per heavy atom. The number of carbonyl (C=O) groups excluding carboxylic acids is 1. The third kappa shape index (κ3) is 4.86. The van der Waals surface area contributed by atoms with Crippen LogP contribution in [0.3, 0.4) is 0 Å². The van der Waals surface area contributed by atoms with Crippen molar-refractivity contribution in [2.24, 2.45) is 0 Å². The molecule has 0 spiro atoms. The van der Waals surface area contributed by atoms with E-state index in [9.17, 15) is 9.59 Å². The van der Waals surface area contributed by atoms with Gasteiger partial charge >= 0.3 is 0 Å². The molecule has 12 heteroatoms. The van der Waals surface area contributed by atoms with Crippen LogP contribution >= 0.6 is 22.9 Å². The highest BCUT2D eigenvalue weighted by Crippen LogP contribution is 2.36. The Bertz CT molecular complexity index is 1720. The number of amides is 1. The lowest BCUT2D eigenvalue weighted by atomic mass is 9.99. The van der Waals surface area contributed by atoms with Gasteiger partial charge in [-0.05, 0) is 42.8 Å². The van der Waals surface area contributed by atoms with Crippen molar-refractivity contribution in [3.05, 3.63) is 81.5 Å². The first-order chi connectivity index (χ1) is 17.9. The predicted octanol–water partition coefficient (Wildman–Crippen LogP) is 4.53. The average molecular weight is 535 g/mol. The number of hydrogen-bond donors (Lipinski definition) is 1. The number of carbonyl (C=O) groups is 1. The molecule has 0 aliphatic carbocycles. The fourth-order valence-corrected chi connectivity index (χ4v) is 4.62. The summed E-state index contributed by atoms with van der Waals surface area (Å²) in [5, 5.41) is 3.54. The molecule has 5 aromatic rings. The second-order valence-electron chi connectivity index (χ2n) is 7.86. The maximum Gasteiger partial charge on any atom is 0.259 e. The lowest BCUT2D eigenvalue weighted by molar-refractivity contribution is 0.102. The van der Waals surface area contributed by atoms with Crippen LogP contribution in [-0.4, -0.2) is 44.6 Å². The van der Waals surface area contributed by atoms with Crippen molar-refractivity contribution in [2.75, 3.05) is 19.5 Å². The molecule has 4 heterocycles.